The van der Waals surface area contributed by atoms with Crippen LogP contribution in [0.5, 0.6) is 0 Å². The van der Waals surface area contributed by atoms with E-state index in [9.17, 15) is 19.8 Å². The first-order valence-electron chi connectivity index (χ1n) is 26.9. The van der Waals surface area contributed by atoms with E-state index >= 15 is 0 Å². The minimum Gasteiger partial charge on any atom is -0.466 e. The van der Waals surface area contributed by atoms with Gasteiger partial charge in [0.25, 0.3) is 0 Å². The van der Waals surface area contributed by atoms with Crippen LogP contribution in [0.3, 0.4) is 0 Å². The fourth-order valence-corrected chi connectivity index (χ4v) is 8.40. The molecule has 356 valence electrons. The summed E-state index contributed by atoms with van der Waals surface area (Å²) < 4.78 is 5.47. The molecule has 0 fully saturated rings. The number of amides is 1. The molecule has 0 rings (SSSR count). The summed E-state index contributed by atoms with van der Waals surface area (Å²) in [6, 6.07) is -0.541. The van der Waals surface area contributed by atoms with E-state index in [0.29, 0.717) is 25.9 Å². The molecular formula is C54H105NO5. The van der Waals surface area contributed by atoms with Crippen molar-refractivity contribution in [1.29, 1.82) is 0 Å². The second kappa shape index (κ2) is 50.2. The molecule has 0 saturated heterocycles. The number of unbranched alkanes of at least 4 members (excludes halogenated alkanes) is 37. The van der Waals surface area contributed by atoms with Crippen LogP contribution in [0, 0.1) is 0 Å². The van der Waals surface area contributed by atoms with Gasteiger partial charge in [-0.1, -0.05) is 244 Å². The molecule has 60 heavy (non-hydrogen) atoms. The topological polar surface area (TPSA) is 95.9 Å². The van der Waals surface area contributed by atoms with E-state index in [2.05, 4.69) is 31.3 Å². The lowest BCUT2D eigenvalue weighted by Crippen LogP contribution is -2.45. The summed E-state index contributed by atoms with van der Waals surface area (Å²) in [5.74, 6) is -0.0410. The number of allylic oxidation sites excluding steroid dienone is 2. The number of carbonyl (C=O) groups is 2. The van der Waals surface area contributed by atoms with Crippen LogP contribution in [0.15, 0.2) is 12.2 Å². The first kappa shape index (κ1) is 58.6. The Morgan fingerprint density at radius 2 is 0.783 bits per heavy atom. The molecule has 0 aromatic heterocycles. The molecule has 1 amide bonds. The van der Waals surface area contributed by atoms with Crippen molar-refractivity contribution in [2.24, 2.45) is 0 Å². The van der Waals surface area contributed by atoms with E-state index < -0.39 is 12.1 Å². The summed E-state index contributed by atoms with van der Waals surface area (Å²) in [6.07, 6.45) is 57.7. The first-order valence-corrected chi connectivity index (χ1v) is 26.9. The van der Waals surface area contributed by atoms with Gasteiger partial charge in [-0.15, -0.1) is 0 Å². The summed E-state index contributed by atoms with van der Waals surface area (Å²) >= 11 is 0. The van der Waals surface area contributed by atoms with Crippen LogP contribution in [0.2, 0.25) is 0 Å². The van der Waals surface area contributed by atoms with Crippen LogP contribution in [0.1, 0.15) is 296 Å². The van der Waals surface area contributed by atoms with E-state index in [1.165, 1.54) is 218 Å². The average Bonchev–Trinajstić information content (AvgIpc) is 3.25. The van der Waals surface area contributed by atoms with Crippen molar-refractivity contribution in [3.8, 4) is 0 Å². The molecular weight excluding hydrogens is 743 g/mol. The summed E-state index contributed by atoms with van der Waals surface area (Å²) in [4.78, 5) is 24.4. The van der Waals surface area contributed by atoms with Crippen LogP contribution in [-0.2, 0) is 14.3 Å². The Morgan fingerprint density at radius 1 is 0.450 bits per heavy atom. The highest BCUT2D eigenvalue weighted by Gasteiger charge is 2.20. The van der Waals surface area contributed by atoms with E-state index in [0.717, 1.165) is 44.9 Å². The molecule has 2 atom stereocenters. The minimum atomic E-state index is -0.664. The Kier molecular flexibility index (Phi) is 49.1. The molecule has 0 aromatic carbocycles. The Labute approximate surface area is 374 Å². The van der Waals surface area contributed by atoms with Gasteiger partial charge >= 0.3 is 5.97 Å². The first-order chi connectivity index (χ1) is 29.5. The lowest BCUT2D eigenvalue weighted by atomic mass is 10.0. The fourth-order valence-electron chi connectivity index (χ4n) is 8.40. The molecule has 0 radical (unpaired) electrons. The van der Waals surface area contributed by atoms with Crippen molar-refractivity contribution in [1.82, 2.24) is 5.32 Å². The van der Waals surface area contributed by atoms with Crippen LogP contribution >= 0.6 is 0 Å². The maximum atomic E-state index is 12.4. The zero-order chi connectivity index (χ0) is 43.7. The zero-order valence-corrected chi connectivity index (χ0v) is 40.5. The van der Waals surface area contributed by atoms with E-state index in [-0.39, 0.29) is 18.5 Å². The molecule has 3 N–H and O–H groups in total. The number of ether oxygens (including phenoxy) is 1. The maximum absolute atomic E-state index is 12.4. The second-order valence-corrected chi connectivity index (χ2v) is 18.6. The van der Waals surface area contributed by atoms with Gasteiger partial charge in [0.2, 0.25) is 5.91 Å². The molecule has 0 aliphatic carbocycles. The lowest BCUT2D eigenvalue weighted by molar-refractivity contribution is -0.143. The molecule has 0 heterocycles. The molecule has 0 aromatic rings. The molecule has 0 spiro atoms. The van der Waals surface area contributed by atoms with Crippen molar-refractivity contribution < 1.29 is 24.5 Å². The number of hydrogen-bond acceptors (Lipinski definition) is 5. The normalized spacial score (nSPS) is 12.7. The van der Waals surface area contributed by atoms with Crippen molar-refractivity contribution in [2.45, 2.75) is 309 Å². The van der Waals surface area contributed by atoms with Crippen molar-refractivity contribution >= 4 is 11.9 Å². The summed E-state index contributed by atoms with van der Waals surface area (Å²) in [7, 11) is 0. The Hall–Kier alpha value is -1.40. The lowest BCUT2D eigenvalue weighted by Gasteiger charge is -2.22. The molecule has 6 heteroatoms. The van der Waals surface area contributed by atoms with Gasteiger partial charge in [0.05, 0.1) is 25.4 Å². The molecule has 0 saturated carbocycles. The number of hydrogen-bond donors (Lipinski definition) is 3. The van der Waals surface area contributed by atoms with Gasteiger partial charge in [0.15, 0.2) is 0 Å². The fraction of sp³-hybridized carbons (Fsp3) is 0.926. The van der Waals surface area contributed by atoms with Gasteiger partial charge in [-0.3, -0.25) is 9.59 Å². The molecule has 0 aliphatic heterocycles. The SMILES string of the molecule is CCCCCCCCC/C=C\CCCCCCCC(=O)OCCCCCCCCCCCCCCCCCCCCC(=O)NC(CO)C(O)CCCCCCCCCCC. The third-order valence-electron chi connectivity index (χ3n) is 12.6. The van der Waals surface area contributed by atoms with Crippen molar-refractivity contribution in [3.05, 3.63) is 12.2 Å². The maximum Gasteiger partial charge on any atom is 0.305 e. The number of rotatable bonds is 50. The van der Waals surface area contributed by atoms with Gasteiger partial charge < -0.3 is 20.3 Å². The molecule has 0 aliphatic rings. The Morgan fingerprint density at radius 3 is 1.18 bits per heavy atom. The van der Waals surface area contributed by atoms with Gasteiger partial charge in [-0.2, -0.15) is 0 Å². The van der Waals surface area contributed by atoms with Gasteiger partial charge in [-0.25, -0.2) is 0 Å². The smallest absolute Gasteiger partial charge is 0.305 e. The average molecular weight is 848 g/mol. The Bertz CT molecular complexity index is 893. The highest BCUT2D eigenvalue weighted by Crippen LogP contribution is 2.17. The number of nitrogens with one attached hydrogen (secondary N) is 1. The van der Waals surface area contributed by atoms with Gasteiger partial charge in [-0.05, 0) is 51.4 Å². The molecule has 0 bridgehead atoms. The van der Waals surface area contributed by atoms with Crippen LogP contribution in [0.25, 0.3) is 0 Å². The third kappa shape index (κ3) is 46.1. The van der Waals surface area contributed by atoms with Crippen molar-refractivity contribution in [2.75, 3.05) is 13.2 Å². The van der Waals surface area contributed by atoms with E-state index in [4.69, 9.17) is 4.74 Å². The van der Waals surface area contributed by atoms with Crippen LogP contribution in [-0.4, -0.2) is 47.4 Å². The highest BCUT2D eigenvalue weighted by atomic mass is 16.5. The quantitative estimate of drug-likeness (QED) is 0.0322. The Balaban J connectivity index is 3.37. The highest BCUT2D eigenvalue weighted by molar-refractivity contribution is 5.76. The number of carbonyl (C=O) groups excluding carboxylic acids is 2. The van der Waals surface area contributed by atoms with E-state index in [1.54, 1.807) is 0 Å². The standard InChI is InChI=1S/C54H105NO5/c1-3-5-7-9-11-13-14-15-16-22-25-28-32-36-40-44-48-54(59)60-49-45-41-37-33-29-26-23-20-18-17-19-21-24-27-31-35-39-43-47-53(58)55-51(50-56)52(57)46-42-38-34-30-12-10-8-6-4-2/h16,22,51-52,56-57H,3-15,17-21,23-50H2,1-2H3,(H,55,58)/b22-16-. The second-order valence-electron chi connectivity index (χ2n) is 18.6. The summed E-state index contributed by atoms with van der Waals surface area (Å²) in [5, 5.41) is 23.1. The monoisotopic (exact) mass is 848 g/mol. The van der Waals surface area contributed by atoms with E-state index in [1.807, 2.05) is 0 Å². The third-order valence-corrected chi connectivity index (χ3v) is 12.6. The van der Waals surface area contributed by atoms with Crippen LogP contribution in [0.4, 0.5) is 0 Å². The summed E-state index contributed by atoms with van der Waals surface area (Å²) in [5.41, 5.74) is 0. The van der Waals surface area contributed by atoms with Crippen molar-refractivity contribution in [3.63, 3.8) is 0 Å². The number of esters is 1. The predicted molar refractivity (Wildman–Crippen MR) is 260 cm³/mol. The molecule has 6 nitrogen and oxygen atoms in total. The van der Waals surface area contributed by atoms with Crippen LogP contribution < -0.4 is 5.32 Å². The van der Waals surface area contributed by atoms with Gasteiger partial charge in [0, 0.05) is 12.8 Å². The molecule has 2 unspecified atom stereocenters. The predicted octanol–water partition coefficient (Wildman–Crippen LogP) is 16.1. The zero-order valence-electron chi connectivity index (χ0n) is 40.5. The number of aliphatic hydroxyl groups excluding tert-OH is 2. The largest absolute Gasteiger partial charge is 0.466 e. The minimum absolute atomic E-state index is 0.0000402. The van der Waals surface area contributed by atoms with Gasteiger partial charge in [0.1, 0.15) is 0 Å². The number of aliphatic hydroxyl groups is 2. The summed E-state index contributed by atoms with van der Waals surface area (Å²) in [6.45, 7) is 4.92.